The molecule has 0 saturated carbocycles. The Morgan fingerprint density at radius 1 is 0.808 bits per heavy atom. The van der Waals surface area contributed by atoms with Gasteiger partial charge in [0.25, 0.3) is 0 Å². The van der Waals surface area contributed by atoms with Crippen molar-refractivity contribution in [3.8, 4) is 0 Å². The molecule has 0 aliphatic heterocycles. The second kappa shape index (κ2) is 18.8. The number of benzene rings is 2. The van der Waals surface area contributed by atoms with Crippen LogP contribution in [0.15, 0.2) is 60.8 Å². The Bertz CT molecular complexity index is 1700. The minimum absolute atomic E-state index is 0.0104. The van der Waals surface area contributed by atoms with Crippen molar-refractivity contribution in [1.82, 2.24) is 26.3 Å². The first kappa shape index (κ1) is 41.2. The lowest BCUT2D eigenvalue weighted by atomic mass is 9.96. The summed E-state index contributed by atoms with van der Waals surface area (Å²) < 4.78 is 5.29. The normalized spacial score (nSPS) is 14.9. The largest absolute Gasteiger partial charge is 0.480 e. The summed E-state index contributed by atoms with van der Waals surface area (Å²) in [7, 11) is 0. The monoisotopic (exact) mass is 720 g/mol. The van der Waals surface area contributed by atoms with Gasteiger partial charge in [0.05, 0.1) is 6.04 Å². The van der Waals surface area contributed by atoms with Gasteiger partial charge in [-0.1, -0.05) is 68.8 Å². The van der Waals surface area contributed by atoms with Crippen LogP contribution in [0.2, 0.25) is 0 Å². The van der Waals surface area contributed by atoms with Crippen molar-refractivity contribution in [3.63, 3.8) is 0 Å². The number of fused-ring (bicyclic) bond motifs is 1. The first-order valence-corrected chi connectivity index (χ1v) is 17.5. The maximum atomic E-state index is 13.8. The molecule has 0 spiro atoms. The third-order valence-corrected chi connectivity index (χ3v) is 8.59. The van der Waals surface area contributed by atoms with Crippen LogP contribution in [0, 0.1) is 5.92 Å². The first-order chi connectivity index (χ1) is 24.5. The van der Waals surface area contributed by atoms with Crippen molar-refractivity contribution in [2.75, 3.05) is 0 Å². The molecule has 0 unspecified atom stereocenters. The molecule has 14 nitrogen and oxygen atoms in total. The number of carbonyl (C=O) groups excluding carboxylic acids is 5. The van der Waals surface area contributed by atoms with Crippen molar-refractivity contribution in [3.05, 3.63) is 71.9 Å². The number of ether oxygens (including phenoxy) is 1. The van der Waals surface area contributed by atoms with E-state index >= 15 is 0 Å². The van der Waals surface area contributed by atoms with E-state index in [1.54, 1.807) is 58.2 Å². The Morgan fingerprint density at radius 2 is 1.44 bits per heavy atom. The van der Waals surface area contributed by atoms with Crippen LogP contribution in [-0.2, 0) is 46.3 Å². The zero-order valence-electron chi connectivity index (χ0n) is 30.7. The molecule has 1 heterocycles. The molecule has 0 aliphatic carbocycles. The minimum atomic E-state index is -1.27. The van der Waals surface area contributed by atoms with Crippen LogP contribution in [0.3, 0.4) is 0 Å². The van der Waals surface area contributed by atoms with Crippen LogP contribution in [0.25, 0.3) is 10.9 Å². The quantitative estimate of drug-likeness (QED) is 0.0958. The Morgan fingerprint density at radius 3 is 2.08 bits per heavy atom. The van der Waals surface area contributed by atoms with Gasteiger partial charge in [-0.2, -0.15) is 0 Å². The van der Waals surface area contributed by atoms with Gasteiger partial charge in [-0.05, 0) is 57.2 Å². The lowest BCUT2D eigenvalue weighted by Gasteiger charge is -2.28. The number of aliphatic carboxylic acids is 1. The number of H-pyrrole nitrogens is 1. The number of carboxylic acid groups (broad SMARTS) is 1. The average Bonchev–Trinajstić information content (AvgIpc) is 3.50. The lowest BCUT2D eigenvalue weighted by molar-refractivity contribution is -0.155. The molecule has 0 saturated heterocycles. The number of carbonyl (C=O) groups is 6. The summed E-state index contributed by atoms with van der Waals surface area (Å²) in [6, 6.07) is 10.6. The molecule has 52 heavy (non-hydrogen) atoms. The van der Waals surface area contributed by atoms with Gasteiger partial charge in [0.1, 0.15) is 29.8 Å². The molecule has 2 aromatic carbocycles. The van der Waals surface area contributed by atoms with E-state index in [0.29, 0.717) is 12.0 Å². The lowest BCUT2D eigenvalue weighted by Crippen LogP contribution is -2.59. The zero-order valence-corrected chi connectivity index (χ0v) is 30.7. The van der Waals surface area contributed by atoms with Gasteiger partial charge in [-0.25, -0.2) is 4.79 Å². The number of nitrogens with two attached hydrogens (primary N) is 1. The fourth-order valence-corrected chi connectivity index (χ4v) is 5.48. The highest BCUT2D eigenvalue weighted by Gasteiger charge is 2.33. The predicted octanol–water partition coefficient (Wildman–Crippen LogP) is 2.49. The Labute approximate surface area is 304 Å². The van der Waals surface area contributed by atoms with E-state index in [1.807, 2.05) is 37.3 Å². The standard InChI is InChI=1S/C38H52N6O8/c1-7-22(2)32(36(49)41-23(3)33(46)43-30(37(50)51)20-25-21-40-28-16-12-11-15-26(25)28)44-35(48)29(19-24-13-9-8-10-14-24)42-34(47)27(39)17-18-31(45)52-38(4,5)6/h8-16,21-23,27,29-30,32,40H,7,17-20,39H2,1-6H3,(H,41,49)(H,42,47)(H,43,46)(H,44,48)(H,50,51)/t22-,23-,27-,29-,30-,32-/m0/s1. The van der Waals surface area contributed by atoms with Gasteiger partial charge < -0.3 is 41.8 Å². The molecule has 14 heteroatoms. The number of aromatic amines is 1. The molecule has 0 radical (unpaired) electrons. The maximum absolute atomic E-state index is 13.8. The number of amides is 4. The molecule has 0 bridgehead atoms. The summed E-state index contributed by atoms with van der Waals surface area (Å²) in [5.41, 5.74) is 7.68. The van der Waals surface area contributed by atoms with E-state index in [-0.39, 0.29) is 25.7 Å². The molecule has 0 fully saturated rings. The van der Waals surface area contributed by atoms with Gasteiger partial charge in [0.2, 0.25) is 23.6 Å². The zero-order chi connectivity index (χ0) is 38.6. The summed E-state index contributed by atoms with van der Waals surface area (Å²) in [6.07, 6.45) is 2.16. The van der Waals surface area contributed by atoms with Gasteiger partial charge >= 0.3 is 11.9 Å². The number of nitrogens with one attached hydrogen (secondary N) is 5. The number of hydrogen-bond donors (Lipinski definition) is 7. The number of para-hydroxylation sites is 1. The van der Waals surface area contributed by atoms with E-state index in [2.05, 4.69) is 26.3 Å². The van der Waals surface area contributed by atoms with Crippen LogP contribution in [0.4, 0.5) is 0 Å². The van der Waals surface area contributed by atoms with Crippen LogP contribution < -0.4 is 27.0 Å². The molecule has 3 rings (SSSR count). The molecule has 4 amide bonds. The predicted molar refractivity (Wildman–Crippen MR) is 196 cm³/mol. The minimum Gasteiger partial charge on any atom is -0.480 e. The molecular weight excluding hydrogens is 668 g/mol. The number of hydrogen-bond acceptors (Lipinski definition) is 8. The van der Waals surface area contributed by atoms with E-state index < -0.39 is 77.3 Å². The Balaban J connectivity index is 1.69. The summed E-state index contributed by atoms with van der Waals surface area (Å²) in [4.78, 5) is 81.1. The van der Waals surface area contributed by atoms with Crippen molar-refractivity contribution in [1.29, 1.82) is 0 Å². The molecule has 8 N–H and O–H groups in total. The second-order valence-corrected chi connectivity index (χ2v) is 14.0. The molecule has 6 atom stereocenters. The van der Waals surface area contributed by atoms with E-state index in [4.69, 9.17) is 10.5 Å². The molecular formula is C38H52N6O8. The van der Waals surface area contributed by atoms with Crippen LogP contribution in [0.5, 0.6) is 0 Å². The second-order valence-electron chi connectivity index (χ2n) is 14.0. The SMILES string of the molecule is CC[C@H](C)[C@H](NC(=O)[C@H](Cc1ccccc1)NC(=O)[C@@H](N)CCC(=O)OC(C)(C)C)C(=O)N[C@@H](C)C(=O)N[C@@H](Cc1c[nH]c2ccccc12)C(=O)O. The molecule has 0 aliphatic rings. The number of aromatic nitrogens is 1. The summed E-state index contributed by atoms with van der Waals surface area (Å²) in [6.45, 7) is 10.2. The molecule has 1 aromatic heterocycles. The van der Waals surface area contributed by atoms with Crippen molar-refractivity contribution < 1.29 is 38.6 Å². The fraction of sp³-hybridized carbons (Fsp3) is 0.474. The van der Waals surface area contributed by atoms with E-state index in [9.17, 15) is 33.9 Å². The van der Waals surface area contributed by atoms with E-state index in [0.717, 1.165) is 16.5 Å². The highest BCUT2D eigenvalue weighted by molar-refractivity contribution is 5.96. The van der Waals surface area contributed by atoms with Crippen LogP contribution in [0.1, 0.15) is 71.9 Å². The van der Waals surface area contributed by atoms with E-state index in [1.165, 1.54) is 6.92 Å². The smallest absolute Gasteiger partial charge is 0.326 e. The Kier molecular flexibility index (Phi) is 14.9. The number of rotatable bonds is 18. The number of esters is 1. The average molecular weight is 721 g/mol. The summed E-state index contributed by atoms with van der Waals surface area (Å²) in [5.74, 6) is -4.83. The third-order valence-electron chi connectivity index (χ3n) is 8.59. The molecule has 282 valence electrons. The van der Waals surface area contributed by atoms with Crippen molar-refractivity contribution >= 4 is 46.5 Å². The Hall–Kier alpha value is -5.24. The summed E-state index contributed by atoms with van der Waals surface area (Å²) in [5, 5.41) is 21.3. The van der Waals surface area contributed by atoms with Gasteiger partial charge in [0, 0.05) is 36.4 Å². The maximum Gasteiger partial charge on any atom is 0.326 e. The van der Waals surface area contributed by atoms with Crippen molar-refractivity contribution in [2.45, 2.75) is 109 Å². The highest BCUT2D eigenvalue weighted by Crippen LogP contribution is 2.19. The van der Waals surface area contributed by atoms with Crippen molar-refractivity contribution in [2.24, 2.45) is 11.7 Å². The van der Waals surface area contributed by atoms with Crippen LogP contribution in [-0.4, -0.2) is 81.5 Å². The van der Waals surface area contributed by atoms with Gasteiger partial charge in [-0.15, -0.1) is 0 Å². The third kappa shape index (κ3) is 12.5. The summed E-state index contributed by atoms with van der Waals surface area (Å²) >= 11 is 0. The van der Waals surface area contributed by atoms with Crippen LogP contribution >= 0.6 is 0 Å². The highest BCUT2D eigenvalue weighted by atomic mass is 16.6. The van der Waals surface area contributed by atoms with Gasteiger partial charge in [0.15, 0.2) is 0 Å². The fourth-order valence-electron chi connectivity index (χ4n) is 5.48. The topological polar surface area (TPSA) is 222 Å². The number of carboxylic acids is 1. The molecule has 3 aromatic rings. The van der Waals surface area contributed by atoms with Gasteiger partial charge in [-0.3, -0.25) is 24.0 Å². The first-order valence-electron chi connectivity index (χ1n) is 17.5.